The minimum Gasteiger partial charge on any atom is -0.384 e. The first-order valence-electron chi connectivity index (χ1n) is 5.70. The summed E-state index contributed by atoms with van der Waals surface area (Å²) in [5, 5.41) is 0. The summed E-state index contributed by atoms with van der Waals surface area (Å²) in [5.41, 5.74) is 5.98. The Balaban J connectivity index is 0.00000256. The number of anilines is 1. The third-order valence-electron chi connectivity index (χ3n) is 2.44. The van der Waals surface area contributed by atoms with E-state index in [1.165, 1.54) is 0 Å². The van der Waals surface area contributed by atoms with Gasteiger partial charge in [0, 0.05) is 13.1 Å². The van der Waals surface area contributed by atoms with Crippen molar-refractivity contribution in [3.63, 3.8) is 0 Å². The number of nitrogens with zero attached hydrogens (tertiary/aromatic N) is 2. The number of halogens is 1. The van der Waals surface area contributed by atoms with E-state index in [4.69, 9.17) is 5.73 Å². The third-order valence-corrected chi connectivity index (χ3v) is 2.44. The van der Waals surface area contributed by atoms with Crippen molar-refractivity contribution in [1.29, 1.82) is 0 Å². The van der Waals surface area contributed by atoms with Crippen LogP contribution in [0, 0.1) is 0 Å². The fourth-order valence-electron chi connectivity index (χ4n) is 1.48. The van der Waals surface area contributed by atoms with E-state index in [9.17, 15) is 4.79 Å². The highest BCUT2D eigenvalue weighted by Crippen LogP contribution is 2.06. The zero-order valence-corrected chi connectivity index (χ0v) is 11.2. The number of hydrogen-bond donors (Lipinski definition) is 1. The maximum atomic E-state index is 12.0. The predicted octanol–water partition coefficient (Wildman–Crippen LogP) is 2.35. The summed E-state index contributed by atoms with van der Waals surface area (Å²) < 4.78 is 0. The molecule has 4 nitrogen and oxygen atoms in total. The van der Waals surface area contributed by atoms with E-state index in [1.807, 2.05) is 6.92 Å². The van der Waals surface area contributed by atoms with E-state index in [0.717, 1.165) is 19.4 Å². The van der Waals surface area contributed by atoms with Crippen LogP contribution in [-0.2, 0) is 0 Å². The first-order chi connectivity index (χ1) is 7.69. The van der Waals surface area contributed by atoms with Crippen LogP contribution in [0.5, 0.6) is 0 Å². The van der Waals surface area contributed by atoms with Crippen LogP contribution in [0.3, 0.4) is 0 Å². The maximum absolute atomic E-state index is 12.0. The molecule has 1 aromatic heterocycles. The fraction of sp³-hybridized carbons (Fsp3) is 0.500. The molecule has 0 aromatic carbocycles. The van der Waals surface area contributed by atoms with E-state index in [0.29, 0.717) is 18.1 Å². The van der Waals surface area contributed by atoms with E-state index in [-0.39, 0.29) is 18.3 Å². The molecule has 0 saturated heterocycles. The molecule has 0 aliphatic rings. The number of nitrogens with two attached hydrogens (primary N) is 1. The summed E-state index contributed by atoms with van der Waals surface area (Å²) in [6, 6.07) is 5.13. The van der Waals surface area contributed by atoms with Crippen LogP contribution in [-0.4, -0.2) is 28.9 Å². The quantitative estimate of drug-likeness (QED) is 0.881. The van der Waals surface area contributed by atoms with Crippen molar-refractivity contribution in [3.8, 4) is 0 Å². The number of unbranched alkanes of at least 4 members (excludes halogenated alkanes) is 1. The zero-order valence-electron chi connectivity index (χ0n) is 10.3. The smallest absolute Gasteiger partial charge is 0.272 e. The lowest BCUT2D eigenvalue weighted by Gasteiger charge is -2.20. The van der Waals surface area contributed by atoms with Gasteiger partial charge in [-0.2, -0.15) is 0 Å². The molecule has 0 aliphatic carbocycles. The standard InChI is InChI=1S/C12H19N3O.ClH/c1-3-5-9-15(4-2)12(16)10-7-6-8-11(13)14-10;/h6-8H,3-5,9H2,1-2H3,(H2,13,14);1H. The second kappa shape index (κ2) is 7.90. The lowest BCUT2D eigenvalue weighted by Crippen LogP contribution is -2.32. The van der Waals surface area contributed by atoms with Crippen molar-refractivity contribution >= 4 is 24.1 Å². The molecule has 1 heterocycles. The van der Waals surface area contributed by atoms with Crippen molar-refractivity contribution in [2.75, 3.05) is 18.8 Å². The number of aromatic nitrogens is 1. The van der Waals surface area contributed by atoms with Gasteiger partial charge in [0.05, 0.1) is 0 Å². The molecule has 1 rings (SSSR count). The number of carbonyl (C=O) groups is 1. The Morgan fingerprint density at radius 2 is 2.12 bits per heavy atom. The molecule has 0 spiro atoms. The number of nitrogen functional groups attached to an aromatic ring is 1. The number of rotatable bonds is 5. The molecular weight excluding hydrogens is 238 g/mol. The average molecular weight is 258 g/mol. The molecule has 17 heavy (non-hydrogen) atoms. The minimum atomic E-state index is -0.0387. The molecule has 0 fully saturated rings. The molecule has 0 atom stereocenters. The molecule has 96 valence electrons. The molecule has 5 heteroatoms. The Hall–Kier alpha value is -1.29. The van der Waals surface area contributed by atoms with Crippen LogP contribution in [0.4, 0.5) is 5.82 Å². The van der Waals surface area contributed by atoms with Crippen LogP contribution in [0.1, 0.15) is 37.2 Å². The Bertz CT molecular complexity index is 357. The summed E-state index contributed by atoms with van der Waals surface area (Å²) >= 11 is 0. The molecule has 2 N–H and O–H groups in total. The molecule has 1 aromatic rings. The lowest BCUT2D eigenvalue weighted by atomic mass is 10.2. The van der Waals surface area contributed by atoms with Crippen molar-refractivity contribution < 1.29 is 4.79 Å². The highest BCUT2D eigenvalue weighted by molar-refractivity contribution is 5.92. The third kappa shape index (κ3) is 4.61. The van der Waals surface area contributed by atoms with Gasteiger partial charge in [0.2, 0.25) is 0 Å². The summed E-state index contributed by atoms with van der Waals surface area (Å²) in [5.74, 6) is 0.348. The fourth-order valence-corrected chi connectivity index (χ4v) is 1.48. The highest BCUT2D eigenvalue weighted by Gasteiger charge is 2.14. The number of pyridine rings is 1. The molecule has 1 amide bonds. The molecular formula is C12H20ClN3O. The number of hydrogen-bond acceptors (Lipinski definition) is 3. The van der Waals surface area contributed by atoms with Gasteiger partial charge < -0.3 is 10.6 Å². The number of carbonyl (C=O) groups excluding carboxylic acids is 1. The van der Waals surface area contributed by atoms with E-state index < -0.39 is 0 Å². The number of amides is 1. The van der Waals surface area contributed by atoms with Gasteiger partial charge in [-0.15, -0.1) is 12.4 Å². The van der Waals surface area contributed by atoms with E-state index in [2.05, 4.69) is 11.9 Å². The Labute approximate surface area is 109 Å². The Morgan fingerprint density at radius 1 is 1.41 bits per heavy atom. The van der Waals surface area contributed by atoms with Gasteiger partial charge in [0.25, 0.3) is 5.91 Å². The lowest BCUT2D eigenvalue weighted by molar-refractivity contribution is 0.0756. The van der Waals surface area contributed by atoms with Gasteiger partial charge >= 0.3 is 0 Å². The highest BCUT2D eigenvalue weighted by atomic mass is 35.5. The van der Waals surface area contributed by atoms with Crippen LogP contribution in [0.15, 0.2) is 18.2 Å². The SMILES string of the molecule is CCCCN(CC)C(=O)c1cccc(N)n1.Cl. The molecule has 0 radical (unpaired) electrons. The average Bonchev–Trinajstić information content (AvgIpc) is 2.29. The molecule has 0 bridgehead atoms. The molecule has 0 unspecified atom stereocenters. The summed E-state index contributed by atoms with van der Waals surface area (Å²) in [6.07, 6.45) is 2.09. The summed E-state index contributed by atoms with van der Waals surface area (Å²) in [4.78, 5) is 17.9. The van der Waals surface area contributed by atoms with Gasteiger partial charge in [-0.05, 0) is 25.5 Å². The van der Waals surface area contributed by atoms with E-state index >= 15 is 0 Å². The molecule has 0 saturated carbocycles. The monoisotopic (exact) mass is 257 g/mol. The Morgan fingerprint density at radius 3 is 2.65 bits per heavy atom. The zero-order chi connectivity index (χ0) is 12.0. The van der Waals surface area contributed by atoms with Crippen LogP contribution < -0.4 is 5.73 Å². The topological polar surface area (TPSA) is 59.2 Å². The second-order valence-corrected chi connectivity index (χ2v) is 3.69. The first-order valence-corrected chi connectivity index (χ1v) is 5.70. The van der Waals surface area contributed by atoms with Gasteiger partial charge in [0.1, 0.15) is 11.5 Å². The second-order valence-electron chi connectivity index (χ2n) is 3.69. The van der Waals surface area contributed by atoms with Gasteiger partial charge in [0.15, 0.2) is 0 Å². The first kappa shape index (κ1) is 15.7. The minimum absolute atomic E-state index is 0. The summed E-state index contributed by atoms with van der Waals surface area (Å²) in [7, 11) is 0. The largest absolute Gasteiger partial charge is 0.384 e. The van der Waals surface area contributed by atoms with Gasteiger partial charge in [-0.1, -0.05) is 19.4 Å². The maximum Gasteiger partial charge on any atom is 0.272 e. The predicted molar refractivity (Wildman–Crippen MR) is 72.4 cm³/mol. The van der Waals surface area contributed by atoms with Crippen molar-refractivity contribution in [2.24, 2.45) is 0 Å². The van der Waals surface area contributed by atoms with Crippen molar-refractivity contribution in [2.45, 2.75) is 26.7 Å². The Kier molecular flexibility index (Phi) is 7.30. The van der Waals surface area contributed by atoms with Crippen molar-refractivity contribution in [1.82, 2.24) is 9.88 Å². The van der Waals surface area contributed by atoms with Gasteiger partial charge in [-0.3, -0.25) is 4.79 Å². The van der Waals surface area contributed by atoms with Gasteiger partial charge in [-0.25, -0.2) is 4.98 Å². The van der Waals surface area contributed by atoms with Crippen LogP contribution in [0.25, 0.3) is 0 Å². The normalized spacial score (nSPS) is 9.53. The van der Waals surface area contributed by atoms with Crippen LogP contribution >= 0.6 is 12.4 Å². The van der Waals surface area contributed by atoms with E-state index in [1.54, 1.807) is 23.1 Å². The summed E-state index contributed by atoms with van der Waals surface area (Å²) in [6.45, 7) is 5.56. The van der Waals surface area contributed by atoms with Crippen LogP contribution in [0.2, 0.25) is 0 Å². The molecule has 0 aliphatic heterocycles. The van der Waals surface area contributed by atoms with Crippen molar-refractivity contribution in [3.05, 3.63) is 23.9 Å².